The van der Waals surface area contributed by atoms with Crippen molar-refractivity contribution in [3.63, 3.8) is 0 Å². The number of hydrogen-bond acceptors (Lipinski definition) is 3. The second kappa shape index (κ2) is 14.4. The van der Waals surface area contributed by atoms with Crippen LogP contribution in [0.1, 0.15) is 36.8 Å². The number of hydrogen-bond donors (Lipinski definition) is 2. The first-order valence-electron chi connectivity index (χ1n) is 12.5. The van der Waals surface area contributed by atoms with Crippen LogP contribution in [0, 0.1) is 0 Å². The summed E-state index contributed by atoms with van der Waals surface area (Å²) in [6, 6.07) is 9.41. The van der Waals surface area contributed by atoms with E-state index in [9.17, 15) is 22.8 Å². The smallest absolute Gasteiger partial charge is 0.353 e. The molecule has 38 heavy (non-hydrogen) atoms. The Labute approximate surface area is 230 Å². The molecule has 3 rings (SSSR count). The van der Waals surface area contributed by atoms with Gasteiger partial charge in [0.05, 0.1) is 15.6 Å². The molecule has 0 aliphatic carbocycles. The van der Waals surface area contributed by atoms with Crippen LogP contribution in [-0.4, -0.2) is 61.0 Å². The van der Waals surface area contributed by atoms with Gasteiger partial charge in [-0.1, -0.05) is 41.8 Å². The fraction of sp³-hybridized carbons (Fsp3) is 0.407. The standard InChI is InChI=1S/C27H31Cl2F3N4O2/c28-23-10-8-20(18-24(23)29)9-11-25(37)33-12-2-1-3-13-35-14-5-15-36(17-16-35)26(38)34-22-7-4-6-21(19-22)27(30,31)32/h4,6-11,18-19H,1-3,5,12-17H2,(H,33,37)(H,34,38)/b11-9+. The maximum Gasteiger partial charge on any atom is 0.416 e. The topological polar surface area (TPSA) is 64.7 Å². The summed E-state index contributed by atoms with van der Waals surface area (Å²) in [5.74, 6) is -0.174. The Morgan fingerprint density at radius 3 is 2.53 bits per heavy atom. The molecule has 2 aromatic rings. The summed E-state index contributed by atoms with van der Waals surface area (Å²) in [6.07, 6.45) is 2.24. The number of rotatable bonds is 9. The highest BCUT2D eigenvalue weighted by atomic mass is 35.5. The van der Waals surface area contributed by atoms with Gasteiger partial charge < -0.3 is 20.4 Å². The van der Waals surface area contributed by atoms with Crippen LogP contribution in [0.3, 0.4) is 0 Å². The van der Waals surface area contributed by atoms with Crippen molar-refractivity contribution in [3.8, 4) is 0 Å². The molecule has 2 N–H and O–H groups in total. The molecular weight excluding hydrogens is 540 g/mol. The molecule has 1 aliphatic heterocycles. The van der Waals surface area contributed by atoms with Crippen LogP contribution in [0.25, 0.3) is 6.08 Å². The van der Waals surface area contributed by atoms with Gasteiger partial charge in [-0.2, -0.15) is 13.2 Å². The van der Waals surface area contributed by atoms with Crippen molar-refractivity contribution in [3.05, 3.63) is 69.7 Å². The summed E-state index contributed by atoms with van der Waals surface area (Å²) in [4.78, 5) is 28.5. The molecule has 1 fully saturated rings. The third-order valence-electron chi connectivity index (χ3n) is 6.14. The first kappa shape index (κ1) is 29.8. The minimum absolute atomic E-state index is 0.128. The molecular formula is C27H31Cl2F3N4O2. The minimum Gasteiger partial charge on any atom is -0.353 e. The molecule has 0 saturated carbocycles. The first-order chi connectivity index (χ1) is 18.1. The molecule has 6 nitrogen and oxygen atoms in total. The highest BCUT2D eigenvalue weighted by Gasteiger charge is 2.30. The van der Waals surface area contributed by atoms with Crippen LogP contribution in [0.2, 0.25) is 10.0 Å². The van der Waals surface area contributed by atoms with Crippen molar-refractivity contribution in [1.82, 2.24) is 15.1 Å². The number of anilines is 1. The number of alkyl halides is 3. The number of urea groups is 1. The van der Waals surface area contributed by atoms with Crippen LogP contribution in [0.15, 0.2) is 48.5 Å². The lowest BCUT2D eigenvalue weighted by molar-refractivity contribution is -0.137. The van der Waals surface area contributed by atoms with Crippen molar-refractivity contribution in [2.24, 2.45) is 0 Å². The van der Waals surface area contributed by atoms with Gasteiger partial charge in [0.2, 0.25) is 5.91 Å². The summed E-state index contributed by atoms with van der Waals surface area (Å²) in [5.41, 5.74) is 0.123. The highest BCUT2D eigenvalue weighted by Crippen LogP contribution is 2.30. The predicted molar refractivity (Wildman–Crippen MR) is 145 cm³/mol. The van der Waals surface area contributed by atoms with E-state index in [4.69, 9.17) is 23.2 Å². The van der Waals surface area contributed by atoms with Crippen LogP contribution in [0.4, 0.5) is 23.7 Å². The van der Waals surface area contributed by atoms with E-state index in [-0.39, 0.29) is 11.6 Å². The Morgan fingerprint density at radius 2 is 1.76 bits per heavy atom. The zero-order valence-corrected chi connectivity index (χ0v) is 22.4. The number of carbonyl (C=O) groups excluding carboxylic acids is 2. The van der Waals surface area contributed by atoms with Crippen molar-refractivity contribution in [2.45, 2.75) is 31.9 Å². The monoisotopic (exact) mass is 570 g/mol. The third kappa shape index (κ3) is 9.85. The van der Waals surface area contributed by atoms with Crippen LogP contribution >= 0.6 is 23.2 Å². The number of benzene rings is 2. The quantitative estimate of drug-likeness (QED) is 0.265. The van der Waals surface area contributed by atoms with E-state index in [1.54, 1.807) is 29.2 Å². The van der Waals surface area contributed by atoms with Gasteiger partial charge in [0.25, 0.3) is 0 Å². The van der Waals surface area contributed by atoms with E-state index < -0.39 is 17.8 Å². The predicted octanol–water partition coefficient (Wildman–Crippen LogP) is 6.55. The van der Waals surface area contributed by atoms with Crippen LogP contribution in [-0.2, 0) is 11.0 Å². The molecule has 1 saturated heterocycles. The van der Waals surface area contributed by atoms with Gasteiger partial charge in [-0.25, -0.2) is 4.79 Å². The van der Waals surface area contributed by atoms with Crippen LogP contribution < -0.4 is 10.6 Å². The zero-order valence-electron chi connectivity index (χ0n) is 20.9. The van der Waals surface area contributed by atoms with Gasteiger partial charge in [0, 0.05) is 37.9 Å². The summed E-state index contributed by atoms with van der Waals surface area (Å²) in [5, 5.41) is 6.35. The Hall–Kier alpha value is -2.75. The molecule has 11 heteroatoms. The number of halogens is 5. The molecule has 1 aliphatic rings. The minimum atomic E-state index is -4.46. The highest BCUT2D eigenvalue weighted by molar-refractivity contribution is 6.42. The Kier molecular flexibility index (Phi) is 11.3. The van der Waals surface area contributed by atoms with E-state index in [0.29, 0.717) is 36.2 Å². The summed E-state index contributed by atoms with van der Waals surface area (Å²) in [7, 11) is 0. The normalized spacial score (nSPS) is 14.9. The Morgan fingerprint density at radius 1 is 0.947 bits per heavy atom. The van der Waals surface area contributed by atoms with Crippen molar-refractivity contribution in [1.29, 1.82) is 0 Å². The first-order valence-corrected chi connectivity index (χ1v) is 13.2. The lowest BCUT2D eigenvalue weighted by Crippen LogP contribution is -2.38. The largest absolute Gasteiger partial charge is 0.416 e. The molecule has 1 heterocycles. The van der Waals surface area contributed by atoms with Gasteiger partial charge in [0.1, 0.15) is 0 Å². The van der Waals surface area contributed by atoms with Gasteiger partial charge >= 0.3 is 12.2 Å². The SMILES string of the molecule is O=C(/C=C/c1ccc(Cl)c(Cl)c1)NCCCCCN1CCCN(C(=O)Nc2cccc(C(F)(F)F)c2)CC1. The van der Waals surface area contributed by atoms with E-state index in [2.05, 4.69) is 15.5 Å². The van der Waals surface area contributed by atoms with Gasteiger partial charge in [0.15, 0.2) is 0 Å². The number of carbonyl (C=O) groups is 2. The lowest BCUT2D eigenvalue weighted by Gasteiger charge is -2.22. The number of nitrogens with one attached hydrogen (secondary N) is 2. The molecule has 0 aromatic heterocycles. The Balaban J connectivity index is 1.30. The van der Waals surface area contributed by atoms with Crippen LogP contribution in [0.5, 0.6) is 0 Å². The zero-order chi connectivity index (χ0) is 27.5. The molecule has 0 radical (unpaired) electrons. The molecule has 0 atom stereocenters. The maximum absolute atomic E-state index is 12.9. The summed E-state index contributed by atoms with van der Waals surface area (Å²) < 4.78 is 38.8. The summed E-state index contributed by atoms with van der Waals surface area (Å²) in [6.45, 7) is 4.06. The van der Waals surface area contributed by atoms with Crippen molar-refractivity contribution in [2.75, 3.05) is 44.6 Å². The Bertz CT molecular complexity index is 1130. The fourth-order valence-corrected chi connectivity index (χ4v) is 4.38. The average molecular weight is 571 g/mol. The lowest BCUT2D eigenvalue weighted by atomic mass is 10.2. The second-order valence-corrected chi connectivity index (χ2v) is 9.86. The molecule has 0 spiro atoms. The van der Waals surface area contributed by atoms with E-state index in [0.717, 1.165) is 56.5 Å². The van der Waals surface area contributed by atoms with Gasteiger partial charge in [-0.3, -0.25) is 4.79 Å². The van der Waals surface area contributed by atoms with Gasteiger partial charge in [-0.15, -0.1) is 0 Å². The number of nitrogens with zero attached hydrogens (tertiary/aromatic N) is 2. The fourth-order valence-electron chi connectivity index (χ4n) is 4.07. The van der Waals surface area contributed by atoms with E-state index >= 15 is 0 Å². The van der Waals surface area contributed by atoms with E-state index in [1.165, 1.54) is 18.2 Å². The molecule has 206 valence electrons. The summed E-state index contributed by atoms with van der Waals surface area (Å²) >= 11 is 11.9. The van der Waals surface area contributed by atoms with Crippen molar-refractivity contribution >= 4 is 46.9 Å². The van der Waals surface area contributed by atoms with E-state index in [1.807, 2.05) is 0 Å². The molecule has 0 unspecified atom stereocenters. The molecule has 3 amide bonds. The number of amides is 3. The molecule has 0 bridgehead atoms. The van der Waals surface area contributed by atoms with Gasteiger partial charge in [-0.05, 0) is 74.3 Å². The number of unbranched alkanes of at least 4 members (excludes halogenated alkanes) is 2. The van der Waals surface area contributed by atoms with Crippen molar-refractivity contribution < 1.29 is 22.8 Å². The maximum atomic E-state index is 12.9. The molecule has 2 aromatic carbocycles. The average Bonchev–Trinajstić information content (AvgIpc) is 3.12. The third-order valence-corrected chi connectivity index (χ3v) is 6.88. The second-order valence-electron chi connectivity index (χ2n) is 9.05.